The van der Waals surface area contributed by atoms with Gasteiger partial charge >= 0.3 is 0 Å². The second kappa shape index (κ2) is 5.00. The number of amides is 2. The minimum absolute atomic E-state index is 0.0653. The highest BCUT2D eigenvalue weighted by molar-refractivity contribution is 9.10. The zero-order valence-electron chi connectivity index (χ0n) is 9.65. The van der Waals surface area contributed by atoms with Crippen molar-refractivity contribution in [2.75, 3.05) is 0 Å². The summed E-state index contributed by atoms with van der Waals surface area (Å²) in [5, 5.41) is 0. The van der Waals surface area contributed by atoms with Crippen LogP contribution in [-0.2, 0) is 16.1 Å². The van der Waals surface area contributed by atoms with E-state index in [-0.39, 0.29) is 17.7 Å². The van der Waals surface area contributed by atoms with Gasteiger partial charge in [0, 0.05) is 17.3 Å². The van der Waals surface area contributed by atoms with Gasteiger partial charge in [-0.3, -0.25) is 14.5 Å². The van der Waals surface area contributed by atoms with Crippen LogP contribution in [0.15, 0.2) is 28.7 Å². The van der Waals surface area contributed by atoms with Crippen molar-refractivity contribution in [1.82, 2.24) is 4.90 Å². The number of halogens is 1. The van der Waals surface area contributed by atoms with Crippen LogP contribution >= 0.6 is 15.9 Å². The zero-order valence-corrected chi connectivity index (χ0v) is 11.2. The number of likely N-dealkylation sites (tertiary alicyclic amines) is 1. The van der Waals surface area contributed by atoms with Crippen molar-refractivity contribution in [2.24, 2.45) is 5.92 Å². The molecule has 4 heteroatoms. The highest BCUT2D eigenvalue weighted by Gasteiger charge is 2.30. The van der Waals surface area contributed by atoms with E-state index >= 15 is 0 Å². The first-order valence-electron chi connectivity index (χ1n) is 5.64. The van der Waals surface area contributed by atoms with Crippen molar-refractivity contribution in [1.29, 1.82) is 0 Å². The minimum Gasteiger partial charge on any atom is -0.278 e. The number of rotatable bonds is 2. The number of hydrogen-bond donors (Lipinski definition) is 0. The van der Waals surface area contributed by atoms with E-state index in [1.807, 2.05) is 31.2 Å². The summed E-state index contributed by atoms with van der Waals surface area (Å²) in [6.07, 6.45) is 0.937. The number of nitrogens with zero attached hydrogens (tertiary/aromatic N) is 1. The van der Waals surface area contributed by atoms with E-state index in [2.05, 4.69) is 15.9 Å². The fraction of sp³-hybridized carbons (Fsp3) is 0.385. The van der Waals surface area contributed by atoms with Gasteiger partial charge in [0.2, 0.25) is 11.8 Å². The monoisotopic (exact) mass is 295 g/mol. The SMILES string of the molecule is CC1CC(=O)N(Cc2ccccc2Br)C(=O)C1. The van der Waals surface area contributed by atoms with Gasteiger partial charge in [0.05, 0.1) is 6.54 Å². The second-order valence-corrected chi connectivity index (χ2v) is 5.33. The molecule has 3 nitrogen and oxygen atoms in total. The van der Waals surface area contributed by atoms with E-state index in [1.54, 1.807) is 0 Å². The van der Waals surface area contributed by atoms with Crippen LogP contribution in [0.5, 0.6) is 0 Å². The number of carbonyl (C=O) groups is 2. The lowest BCUT2D eigenvalue weighted by molar-refractivity contribution is -0.150. The molecule has 0 aromatic heterocycles. The summed E-state index contributed by atoms with van der Waals surface area (Å²) in [5.41, 5.74) is 0.962. The van der Waals surface area contributed by atoms with Gasteiger partial charge in [-0.2, -0.15) is 0 Å². The Morgan fingerprint density at radius 2 is 1.82 bits per heavy atom. The van der Waals surface area contributed by atoms with Crippen molar-refractivity contribution in [3.8, 4) is 0 Å². The molecule has 1 aliphatic rings. The highest BCUT2D eigenvalue weighted by atomic mass is 79.9. The van der Waals surface area contributed by atoms with E-state index in [0.29, 0.717) is 19.4 Å². The number of piperidine rings is 1. The normalized spacial score (nSPS) is 17.6. The third-order valence-corrected chi connectivity index (χ3v) is 3.71. The molecule has 0 spiro atoms. The third kappa shape index (κ3) is 2.75. The van der Waals surface area contributed by atoms with Crippen LogP contribution in [0.2, 0.25) is 0 Å². The van der Waals surface area contributed by atoms with E-state index in [9.17, 15) is 9.59 Å². The second-order valence-electron chi connectivity index (χ2n) is 4.48. The summed E-state index contributed by atoms with van der Waals surface area (Å²) in [4.78, 5) is 25.0. The topological polar surface area (TPSA) is 37.4 Å². The summed E-state index contributed by atoms with van der Waals surface area (Å²) in [6.45, 7) is 2.30. The molecule has 17 heavy (non-hydrogen) atoms. The molecule has 2 amide bonds. The summed E-state index contributed by atoms with van der Waals surface area (Å²) in [6, 6.07) is 7.65. The molecule has 90 valence electrons. The van der Waals surface area contributed by atoms with Crippen molar-refractivity contribution in [3.63, 3.8) is 0 Å². The van der Waals surface area contributed by atoms with Gasteiger partial charge in [0.15, 0.2) is 0 Å². The van der Waals surface area contributed by atoms with Crippen LogP contribution in [0.1, 0.15) is 25.3 Å². The standard InChI is InChI=1S/C13H14BrNO2/c1-9-6-12(16)15(13(17)7-9)8-10-4-2-3-5-11(10)14/h2-5,9H,6-8H2,1H3. The predicted molar refractivity (Wildman–Crippen MR) is 68.1 cm³/mol. The summed E-state index contributed by atoms with van der Waals surface area (Å²) < 4.78 is 0.930. The van der Waals surface area contributed by atoms with Gasteiger partial charge in [0.1, 0.15) is 0 Å². The van der Waals surface area contributed by atoms with E-state index < -0.39 is 0 Å². The maximum atomic E-state index is 11.8. The Balaban J connectivity index is 2.16. The molecular formula is C13H14BrNO2. The van der Waals surface area contributed by atoms with E-state index in [1.165, 1.54) is 4.90 Å². The van der Waals surface area contributed by atoms with Gasteiger partial charge in [-0.15, -0.1) is 0 Å². The molecule has 0 unspecified atom stereocenters. The third-order valence-electron chi connectivity index (χ3n) is 2.93. The Hall–Kier alpha value is -1.16. The Labute approximate surface area is 109 Å². The average Bonchev–Trinajstić information content (AvgIpc) is 2.25. The first kappa shape index (κ1) is 12.3. The van der Waals surface area contributed by atoms with Crippen LogP contribution in [-0.4, -0.2) is 16.7 Å². The lowest BCUT2D eigenvalue weighted by atomic mass is 9.97. The Bertz CT molecular complexity index is 440. The van der Waals surface area contributed by atoms with Crippen LogP contribution in [0, 0.1) is 5.92 Å². The number of imide groups is 1. The molecule has 0 saturated carbocycles. The number of benzene rings is 1. The molecule has 2 rings (SSSR count). The van der Waals surface area contributed by atoms with Crippen LogP contribution < -0.4 is 0 Å². The van der Waals surface area contributed by atoms with Gasteiger partial charge in [-0.25, -0.2) is 0 Å². The molecule has 1 aromatic rings. The molecule has 1 heterocycles. The molecule has 0 bridgehead atoms. The first-order valence-corrected chi connectivity index (χ1v) is 6.44. The molecule has 1 fully saturated rings. The maximum absolute atomic E-state index is 11.8. The maximum Gasteiger partial charge on any atom is 0.229 e. The summed E-state index contributed by atoms with van der Waals surface area (Å²) >= 11 is 3.43. The van der Waals surface area contributed by atoms with Crippen LogP contribution in [0.4, 0.5) is 0 Å². The quantitative estimate of drug-likeness (QED) is 0.787. The summed E-state index contributed by atoms with van der Waals surface area (Å²) in [5.74, 6) is 0.0412. The fourth-order valence-electron chi connectivity index (χ4n) is 2.00. The van der Waals surface area contributed by atoms with Gasteiger partial charge in [-0.05, 0) is 17.5 Å². The first-order chi connectivity index (χ1) is 8.08. The van der Waals surface area contributed by atoms with Crippen molar-refractivity contribution in [2.45, 2.75) is 26.3 Å². The lowest BCUT2D eigenvalue weighted by Gasteiger charge is -2.28. The Morgan fingerprint density at radius 1 is 1.24 bits per heavy atom. The van der Waals surface area contributed by atoms with Gasteiger partial charge < -0.3 is 0 Å². The Morgan fingerprint density at radius 3 is 2.41 bits per heavy atom. The molecule has 0 aliphatic carbocycles. The fourth-order valence-corrected chi connectivity index (χ4v) is 2.41. The molecular weight excluding hydrogens is 282 g/mol. The molecule has 0 radical (unpaired) electrons. The number of carbonyl (C=O) groups excluding carboxylic acids is 2. The molecule has 1 aromatic carbocycles. The number of hydrogen-bond acceptors (Lipinski definition) is 2. The van der Waals surface area contributed by atoms with E-state index in [4.69, 9.17) is 0 Å². The van der Waals surface area contributed by atoms with E-state index in [0.717, 1.165) is 10.0 Å². The van der Waals surface area contributed by atoms with Crippen LogP contribution in [0.3, 0.4) is 0 Å². The largest absolute Gasteiger partial charge is 0.278 e. The zero-order chi connectivity index (χ0) is 12.4. The summed E-state index contributed by atoms with van der Waals surface area (Å²) in [7, 11) is 0. The lowest BCUT2D eigenvalue weighted by Crippen LogP contribution is -2.42. The average molecular weight is 296 g/mol. The van der Waals surface area contributed by atoms with Crippen molar-refractivity contribution in [3.05, 3.63) is 34.3 Å². The molecule has 1 aliphatic heterocycles. The highest BCUT2D eigenvalue weighted by Crippen LogP contribution is 2.23. The van der Waals surface area contributed by atoms with Crippen molar-refractivity contribution < 1.29 is 9.59 Å². The van der Waals surface area contributed by atoms with Crippen molar-refractivity contribution >= 4 is 27.7 Å². The van der Waals surface area contributed by atoms with Crippen LogP contribution in [0.25, 0.3) is 0 Å². The predicted octanol–water partition coefficient (Wildman–Crippen LogP) is 2.73. The molecule has 0 N–H and O–H groups in total. The van der Waals surface area contributed by atoms with Gasteiger partial charge in [0.25, 0.3) is 0 Å². The smallest absolute Gasteiger partial charge is 0.229 e. The molecule has 0 atom stereocenters. The minimum atomic E-state index is -0.0653. The molecule has 1 saturated heterocycles. The Kier molecular flexibility index (Phi) is 3.62. The van der Waals surface area contributed by atoms with Gasteiger partial charge in [-0.1, -0.05) is 41.1 Å².